The lowest BCUT2D eigenvalue weighted by atomic mass is 9.79. The predicted octanol–water partition coefficient (Wildman–Crippen LogP) is 4.74. The molecule has 0 bridgehead atoms. The fraction of sp³-hybridized carbons (Fsp3) is 0.476. The van der Waals surface area contributed by atoms with Gasteiger partial charge in [-0.25, -0.2) is 0 Å². The zero-order chi connectivity index (χ0) is 19.4. The van der Waals surface area contributed by atoms with Gasteiger partial charge in [0.1, 0.15) is 6.26 Å². The number of aromatic nitrogens is 1. The summed E-state index contributed by atoms with van der Waals surface area (Å²) in [7, 11) is 0. The van der Waals surface area contributed by atoms with Crippen molar-refractivity contribution in [1.29, 1.82) is 0 Å². The number of hydrogen-bond donors (Lipinski definition) is 1. The molecule has 3 rings (SSSR count). The molecule has 0 radical (unpaired) electrons. The highest BCUT2D eigenvalue weighted by atomic mass is 16.4. The number of benzene rings is 1. The Morgan fingerprint density at radius 2 is 2.00 bits per heavy atom. The molecule has 1 aliphatic rings. The first-order chi connectivity index (χ1) is 13.0. The summed E-state index contributed by atoms with van der Waals surface area (Å²) in [5.74, 6) is 0.197. The number of carboxylic acid groups (broad SMARTS) is 1. The maximum Gasteiger partial charge on any atom is 0.303 e. The van der Waals surface area contributed by atoms with E-state index in [1.54, 1.807) is 4.90 Å². The van der Waals surface area contributed by atoms with Crippen molar-refractivity contribution < 1.29 is 19.1 Å². The molecule has 6 heteroatoms. The van der Waals surface area contributed by atoms with E-state index in [2.05, 4.69) is 4.98 Å². The minimum Gasteiger partial charge on any atom is -0.481 e. The van der Waals surface area contributed by atoms with Crippen molar-refractivity contribution >= 4 is 23.4 Å². The number of carbonyl (C=O) groups excluding carboxylic acids is 1. The van der Waals surface area contributed by atoms with Crippen LogP contribution in [0.2, 0.25) is 0 Å². The van der Waals surface area contributed by atoms with Crippen LogP contribution < -0.4 is 4.90 Å². The number of nitrogens with zero attached hydrogens (tertiary/aromatic N) is 2. The van der Waals surface area contributed by atoms with Crippen molar-refractivity contribution in [3.8, 4) is 0 Å². The molecule has 1 fully saturated rings. The quantitative estimate of drug-likeness (QED) is 0.794. The fourth-order valence-electron chi connectivity index (χ4n) is 3.73. The lowest BCUT2D eigenvalue weighted by Crippen LogP contribution is -2.35. The third-order valence-electron chi connectivity index (χ3n) is 5.06. The Morgan fingerprint density at radius 1 is 1.26 bits per heavy atom. The minimum atomic E-state index is -0.800. The molecule has 144 valence electrons. The highest BCUT2D eigenvalue weighted by molar-refractivity contribution is 6.00. The van der Waals surface area contributed by atoms with Crippen LogP contribution >= 0.6 is 0 Å². The second kappa shape index (κ2) is 8.37. The van der Waals surface area contributed by atoms with Crippen molar-refractivity contribution in [3.05, 3.63) is 42.5 Å². The number of amides is 1. The van der Waals surface area contributed by atoms with Crippen LogP contribution in [0.15, 0.2) is 41.0 Å². The second-order valence-corrected chi connectivity index (χ2v) is 7.54. The van der Waals surface area contributed by atoms with Crippen molar-refractivity contribution in [1.82, 2.24) is 4.98 Å². The summed E-state index contributed by atoms with van der Waals surface area (Å²) in [6.07, 6.45) is 4.75. The average Bonchev–Trinajstić information content (AvgIpc) is 3.12. The highest BCUT2D eigenvalue weighted by Gasteiger charge is 2.33. The number of carboxylic acids is 1. The van der Waals surface area contributed by atoms with E-state index in [1.165, 1.54) is 6.26 Å². The Hall–Kier alpha value is -2.63. The first-order valence-corrected chi connectivity index (χ1v) is 9.52. The molecule has 1 aliphatic carbocycles. The molecule has 2 atom stereocenters. The molecule has 1 heterocycles. The highest BCUT2D eigenvalue weighted by Crippen LogP contribution is 2.36. The summed E-state index contributed by atoms with van der Waals surface area (Å²) >= 11 is 0. The van der Waals surface area contributed by atoms with Crippen LogP contribution in [0.4, 0.5) is 11.5 Å². The molecule has 0 aliphatic heterocycles. The molecule has 1 aromatic carbocycles. The molecule has 1 aromatic heterocycles. The Morgan fingerprint density at radius 3 is 2.63 bits per heavy atom. The van der Waals surface area contributed by atoms with Gasteiger partial charge in [0.15, 0.2) is 11.7 Å². The monoisotopic (exact) mass is 370 g/mol. The Balaban J connectivity index is 1.88. The van der Waals surface area contributed by atoms with E-state index in [-0.39, 0.29) is 30.1 Å². The number of hydrogen-bond acceptors (Lipinski definition) is 4. The fourth-order valence-corrected chi connectivity index (χ4v) is 3.73. The number of para-hydroxylation sites is 1. The first-order valence-electron chi connectivity index (χ1n) is 9.52. The number of oxazole rings is 1. The normalized spacial score (nSPS) is 19.8. The number of rotatable bonds is 6. The third kappa shape index (κ3) is 4.56. The largest absolute Gasteiger partial charge is 0.481 e. The summed E-state index contributed by atoms with van der Waals surface area (Å²) in [6.45, 7) is 3.98. The number of aliphatic carboxylic acids is 1. The van der Waals surface area contributed by atoms with Crippen LogP contribution in [-0.4, -0.2) is 22.0 Å². The molecule has 2 unspecified atom stereocenters. The van der Waals surface area contributed by atoms with E-state index in [0.29, 0.717) is 18.1 Å². The van der Waals surface area contributed by atoms with Crippen molar-refractivity contribution in [2.75, 3.05) is 4.90 Å². The minimum absolute atomic E-state index is 0.0418. The maximum absolute atomic E-state index is 13.4. The average molecular weight is 370 g/mol. The van der Waals surface area contributed by atoms with Crippen LogP contribution in [0.1, 0.15) is 57.8 Å². The molecule has 1 saturated carbocycles. The van der Waals surface area contributed by atoms with E-state index in [0.717, 1.165) is 24.9 Å². The van der Waals surface area contributed by atoms with E-state index in [4.69, 9.17) is 9.52 Å². The van der Waals surface area contributed by atoms with Gasteiger partial charge in [0.25, 0.3) is 0 Å². The molecule has 1 N–H and O–H groups in total. The molecule has 1 amide bonds. The van der Waals surface area contributed by atoms with Gasteiger partial charge < -0.3 is 9.52 Å². The number of anilines is 2. The summed E-state index contributed by atoms with van der Waals surface area (Å²) in [4.78, 5) is 30.6. The SMILES string of the molecule is CC(C)c1nc(N(C(=O)C2CCCC(CC(=O)O)C2)c2ccccc2)co1. The first kappa shape index (κ1) is 19.1. The lowest BCUT2D eigenvalue weighted by Gasteiger charge is -2.31. The zero-order valence-corrected chi connectivity index (χ0v) is 15.8. The van der Waals surface area contributed by atoms with Crippen LogP contribution in [0, 0.1) is 11.8 Å². The molecule has 2 aromatic rings. The van der Waals surface area contributed by atoms with Gasteiger partial charge in [-0.15, -0.1) is 0 Å². The van der Waals surface area contributed by atoms with E-state index in [1.807, 2.05) is 44.2 Å². The predicted molar refractivity (Wildman–Crippen MR) is 102 cm³/mol. The lowest BCUT2D eigenvalue weighted by molar-refractivity contribution is -0.139. The summed E-state index contributed by atoms with van der Waals surface area (Å²) in [5, 5.41) is 9.09. The zero-order valence-electron chi connectivity index (χ0n) is 15.8. The molecule has 6 nitrogen and oxygen atoms in total. The topological polar surface area (TPSA) is 83.6 Å². The second-order valence-electron chi connectivity index (χ2n) is 7.54. The third-order valence-corrected chi connectivity index (χ3v) is 5.06. The Labute approximate surface area is 159 Å². The van der Waals surface area contributed by atoms with Crippen LogP contribution in [0.3, 0.4) is 0 Å². The molecule has 0 spiro atoms. The van der Waals surface area contributed by atoms with Crippen molar-refractivity contribution in [2.45, 2.75) is 51.9 Å². The number of carbonyl (C=O) groups is 2. The van der Waals surface area contributed by atoms with Gasteiger partial charge in [-0.1, -0.05) is 38.5 Å². The van der Waals surface area contributed by atoms with Gasteiger partial charge >= 0.3 is 5.97 Å². The van der Waals surface area contributed by atoms with Gasteiger partial charge in [0.05, 0.1) is 5.69 Å². The Bertz CT molecular complexity index is 784. The summed E-state index contributed by atoms with van der Waals surface area (Å²) in [6, 6.07) is 9.41. The van der Waals surface area contributed by atoms with Crippen molar-refractivity contribution in [3.63, 3.8) is 0 Å². The smallest absolute Gasteiger partial charge is 0.303 e. The molecule has 0 saturated heterocycles. The Kier molecular flexibility index (Phi) is 5.94. The van der Waals surface area contributed by atoms with E-state index < -0.39 is 5.97 Å². The summed E-state index contributed by atoms with van der Waals surface area (Å²) in [5.41, 5.74) is 0.742. The van der Waals surface area contributed by atoms with Gasteiger partial charge in [-0.05, 0) is 37.3 Å². The van der Waals surface area contributed by atoms with Crippen LogP contribution in [0.5, 0.6) is 0 Å². The van der Waals surface area contributed by atoms with Gasteiger partial charge in [0, 0.05) is 18.3 Å². The molecular formula is C21H26N2O4. The van der Waals surface area contributed by atoms with Crippen LogP contribution in [-0.2, 0) is 9.59 Å². The standard InChI is InChI=1S/C21H26N2O4/c1-14(2)20-22-18(13-27-20)23(17-9-4-3-5-10-17)21(26)16-8-6-7-15(11-16)12-19(24)25/h3-5,9-10,13-16H,6-8,11-12H2,1-2H3,(H,24,25). The van der Waals surface area contributed by atoms with E-state index >= 15 is 0 Å². The summed E-state index contributed by atoms with van der Waals surface area (Å²) < 4.78 is 5.56. The van der Waals surface area contributed by atoms with Gasteiger partial charge in [-0.2, -0.15) is 4.98 Å². The van der Waals surface area contributed by atoms with Crippen LogP contribution in [0.25, 0.3) is 0 Å². The van der Waals surface area contributed by atoms with Gasteiger partial charge in [-0.3, -0.25) is 14.5 Å². The van der Waals surface area contributed by atoms with Crippen molar-refractivity contribution in [2.24, 2.45) is 11.8 Å². The molecular weight excluding hydrogens is 344 g/mol. The maximum atomic E-state index is 13.4. The molecule has 27 heavy (non-hydrogen) atoms. The van der Waals surface area contributed by atoms with E-state index in [9.17, 15) is 9.59 Å². The van der Waals surface area contributed by atoms with Gasteiger partial charge in [0.2, 0.25) is 5.91 Å².